The lowest BCUT2D eigenvalue weighted by Gasteiger charge is -2.38. The van der Waals surface area contributed by atoms with Gasteiger partial charge in [-0.1, -0.05) is 6.07 Å². The van der Waals surface area contributed by atoms with Gasteiger partial charge in [0.1, 0.15) is 6.10 Å². The van der Waals surface area contributed by atoms with E-state index >= 15 is 0 Å². The summed E-state index contributed by atoms with van der Waals surface area (Å²) in [6.45, 7) is 0.782. The Bertz CT molecular complexity index is 866. The zero-order valence-electron chi connectivity index (χ0n) is 14.0. The van der Waals surface area contributed by atoms with Crippen LogP contribution in [0, 0.1) is 0 Å². The van der Waals surface area contributed by atoms with Gasteiger partial charge in [0.2, 0.25) is 18.6 Å². The first-order valence-electron chi connectivity index (χ1n) is 8.25. The number of alkyl halides is 3. The van der Waals surface area contributed by atoms with Crippen LogP contribution < -0.4 is 14.2 Å². The molecule has 1 aromatic heterocycles. The maximum atomic E-state index is 12.7. The number of benzene rings is 1. The third kappa shape index (κ3) is 3.76. The molecule has 0 bridgehead atoms. The second kappa shape index (κ2) is 6.64. The van der Waals surface area contributed by atoms with E-state index in [2.05, 4.69) is 4.98 Å². The second-order valence-corrected chi connectivity index (χ2v) is 6.28. The van der Waals surface area contributed by atoms with Crippen LogP contribution in [0.25, 0.3) is 0 Å². The van der Waals surface area contributed by atoms with E-state index in [4.69, 9.17) is 14.2 Å². The highest BCUT2D eigenvalue weighted by Crippen LogP contribution is 2.33. The predicted octanol–water partition coefficient (Wildman–Crippen LogP) is 2.66. The topological polar surface area (TPSA) is 60.9 Å². The summed E-state index contributed by atoms with van der Waals surface area (Å²) in [6, 6.07) is 7.06. The first-order valence-corrected chi connectivity index (χ1v) is 8.25. The molecule has 27 heavy (non-hydrogen) atoms. The Morgan fingerprint density at radius 1 is 1.19 bits per heavy atom. The molecular formula is C18H15F3N2O4. The van der Waals surface area contributed by atoms with Crippen LogP contribution in [0.2, 0.25) is 0 Å². The zero-order valence-corrected chi connectivity index (χ0v) is 14.0. The van der Waals surface area contributed by atoms with Crippen LogP contribution in [0.15, 0.2) is 36.5 Å². The molecule has 0 atom stereocenters. The van der Waals surface area contributed by atoms with Crippen molar-refractivity contribution in [3.63, 3.8) is 0 Å². The largest absolute Gasteiger partial charge is 0.471 e. The molecule has 0 radical (unpaired) electrons. The summed E-state index contributed by atoms with van der Waals surface area (Å²) in [6.07, 6.45) is -3.57. The molecular weight excluding hydrogens is 365 g/mol. The molecule has 2 aliphatic heterocycles. The van der Waals surface area contributed by atoms with Crippen molar-refractivity contribution in [2.24, 2.45) is 0 Å². The maximum absolute atomic E-state index is 12.7. The first-order chi connectivity index (χ1) is 12.9. The van der Waals surface area contributed by atoms with Crippen molar-refractivity contribution in [1.82, 2.24) is 9.88 Å². The van der Waals surface area contributed by atoms with Crippen LogP contribution in [-0.2, 0) is 17.4 Å². The Kier molecular flexibility index (Phi) is 4.29. The van der Waals surface area contributed by atoms with Gasteiger partial charge in [0.25, 0.3) is 0 Å². The third-order valence-electron chi connectivity index (χ3n) is 4.34. The molecule has 4 rings (SSSR count). The van der Waals surface area contributed by atoms with E-state index in [1.807, 2.05) is 0 Å². The van der Waals surface area contributed by atoms with Gasteiger partial charge in [0.15, 0.2) is 11.5 Å². The molecule has 1 aromatic carbocycles. The number of amides is 1. The van der Waals surface area contributed by atoms with Gasteiger partial charge >= 0.3 is 6.18 Å². The molecule has 0 aliphatic carbocycles. The molecule has 0 spiro atoms. The fourth-order valence-electron chi connectivity index (χ4n) is 2.87. The molecule has 6 nitrogen and oxygen atoms in total. The number of hydrogen-bond donors (Lipinski definition) is 0. The Morgan fingerprint density at radius 3 is 2.74 bits per heavy atom. The number of carbonyl (C=O) groups excluding carboxylic acids is 1. The molecule has 9 heteroatoms. The summed E-state index contributed by atoms with van der Waals surface area (Å²) in [4.78, 5) is 17.7. The lowest BCUT2D eigenvalue weighted by molar-refractivity contribution is -0.139. The number of fused-ring (bicyclic) bond motifs is 1. The van der Waals surface area contributed by atoms with Gasteiger partial charge in [-0.3, -0.25) is 4.79 Å². The number of halogens is 3. The Labute approximate surface area is 152 Å². The van der Waals surface area contributed by atoms with Gasteiger partial charge in [-0.15, -0.1) is 0 Å². The number of aromatic nitrogens is 1. The van der Waals surface area contributed by atoms with E-state index in [-0.39, 0.29) is 31.1 Å². The van der Waals surface area contributed by atoms with Crippen molar-refractivity contribution in [3.8, 4) is 17.4 Å². The minimum atomic E-state index is -4.45. The normalized spacial score (nSPS) is 16.2. The van der Waals surface area contributed by atoms with Gasteiger partial charge in [0.05, 0.1) is 25.1 Å². The zero-order chi connectivity index (χ0) is 19.0. The van der Waals surface area contributed by atoms with Crippen LogP contribution in [0.5, 0.6) is 17.4 Å². The lowest BCUT2D eigenvalue weighted by Crippen LogP contribution is -2.56. The van der Waals surface area contributed by atoms with Crippen LogP contribution >= 0.6 is 0 Å². The molecule has 0 saturated carbocycles. The highest BCUT2D eigenvalue weighted by atomic mass is 19.4. The fourth-order valence-corrected chi connectivity index (χ4v) is 2.87. The number of nitrogens with zero attached hydrogens (tertiary/aromatic N) is 2. The molecule has 1 amide bonds. The number of rotatable bonds is 4. The van der Waals surface area contributed by atoms with Crippen LogP contribution in [0.1, 0.15) is 11.1 Å². The van der Waals surface area contributed by atoms with E-state index in [1.165, 1.54) is 0 Å². The minimum absolute atomic E-state index is 0.0919. The smallest absolute Gasteiger partial charge is 0.416 e. The number of carbonyl (C=O) groups is 1. The van der Waals surface area contributed by atoms with E-state index in [9.17, 15) is 18.0 Å². The summed E-state index contributed by atoms with van der Waals surface area (Å²) in [5, 5.41) is 0. The number of pyridine rings is 1. The summed E-state index contributed by atoms with van der Waals surface area (Å²) in [5.74, 6) is 1.07. The van der Waals surface area contributed by atoms with Crippen molar-refractivity contribution in [3.05, 3.63) is 47.7 Å². The second-order valence-electron chi connectivity index (χ2n) is 6.28. The van der Waals surface area contributed by atoms with E-state index in [0.29, 0.717) is 24.6 Å². The summed E-state index contributed by atoms with van der Waals surface area (Å²) in [5.41, 5.74) is -0.0178. The lowest BCUT2D eigenvalue weighted by atomic mass is 10.1. The van der Waals surface area contributed by atoms with Crippen molar-refractivity contribution >= 4 is 5.91 Å². The molecule has 0 unspecified atom stereocenters. The summed E-state index contributed by atoms with van der Waals surface area (Å²) < 4.78 is 54.1. The van der Waals surface area contributed by atoms with E-state index < -0.39 is 11.7 Å². The number of ether oxygens (including phenoxy) is 3. The third-order valence-corrected chi connectivity index (χ3v) is 4.34. The van der Waals surface area contributed by atoms with E-state index in [1.54, 1.807) is 23.1 Å². The van der Waals surface area contributed by atoms with Crippen molar-refractivity contribution in [2.75, 3.05) is 19.9 Å². The highest BCUT2D eigenvalue weighted by molar-refractivity contribution is 5.80. The summed E-state index contributed by atoms with van der Waals surface area (Å²) in [7, 11) is 0. The van der Waals surface area contributed by atoms with Gasteiger partial charge in [-0.2, -0.15) is 13.2 Å². The molecule has 1 saturated heterocycles. The van der Waals surface area contributed by atoms with Gasteiger partial charge in [-0.05, 0) is 23.8 Å². The molecule has 142 valence electrons. The first kappa shape index (κ1) is 17.4. The average molecular weight is 380 g/mol. The monoisotopic (exact) mass is 380 g/mol. The van der Waals surface area contributed by atoms with Gasteiger partial charge < -0.3 is 19.1 Å². The molecule has 0 N–H and O–H groups in total. The van der Waals surface area contributed by atoms with Crippen LogP contribution in [0.4, 0.5) is 13.2 Å². The highest BCUT2D eigenvalue weighted by Gasteiger charge is 2.34. The maximum Gasteiger partial charge on any atom is 0.416 e. The van der Waals surface area contributed by atoms with Gasteiger partial charge in [0, 0.05) is 12.3 Å². The van der Waals surface area contributed by atoms with Crippen molar-refractivity contribution < 1.29 is 32.2 Å². The standard InChI is InChI=1S/C18H15F3N2O4/c19-18(20,21)12-3-4-22-16(7-12)27-13-8-23(9-13)17(24)6-11-1-2-14-15(5-11)26-10-25-14/h1-5,7,13H,6,8-10H2. The van der Waals surface area contributed by atoms with E-state index in [0.717, 1.165) is 23.9 Å². The van der Waals surface area contributed by atoms with Crippen molar-refractivity contribution in [1.29, 1.82) is 0 Å². The predicted molar refractivity (Wildman–Crippen MR) is 86.5 cm³/mol. The summed E-state index contributed by atoms with van der Waals surface area (Å²) >= 11 is 0. The minimum Gasteiger partial charge on any atom is -0.471 e. The van der Waals surface area contributed by atoms with Gasteiger partial charge in [-0.25, -0.2) is 4.98 Å². The Balaban J connectivity index is 1.30. The van der Waals surface area contributed by atoms with Crippen molar-refractivity contribution in [2.45, 2.75) is 18.7 Å². The Morgan fingerprint density at radius 2 is 1.96 bits per heavy atom. The molecule has 2 aromatic rings. The number of likely N-dealkylation sites (tertiary alicyclic amines) is 1. The molecule has 3 heterocycles. The molecule has 1 fully saturated rings. The van der Waals surface area contributed by atoms with Crippen LogP contribution in [0.3, 0.4) is 0 Å². The SMILES string of the molecule is O=C(Cc1ccc2c(c1)OCO2)N1CC(Oc2cc(C(F)(F)F)ccn2)C1. The Hall–Kier alpha value is -2.97. The average Bonchev–Trinajstić information content (AvgIpc) is 3.05. The van der Waals surface area contributed by atoms with Crippen LogP contribution in [-0.4, -0.2) is 41.8 Å². The number of hydrogen-bond acceptors (Lipinski definition) is 5. The quantitative estimate of drug-likeness (QED) is 0.816. The fraction of sp³-hybridized carbons (Fsp3) is 0.333. The molecule has 2 aliphatic rings.